The number of carbonyl (C=O) groups excluding carboxylic acids is 2. The number of aliphatic hydroxyl groups is 1. The lowest BCUT2D eigenvalue weighted by Crippen LogP contribution is -2.62. The maximum atomic E-state index is 14.4. The van der Waals surface area contributed by atoms with Gasteiger partial charge in [-0.05, 0) is 122 Å². The summed E-state index contributed by atoms with van der Waals surface area (Å²) in [6.45, 7) is 11.6. The van der Waals surface area contributed by atoms with Gasteiger partial charge in [0.1, 0.15) is 6.04 Å². The number of azide groups is 1. The molecule has 3 N–H and O–H groups in total. The number of rotatable bonds is 15. The van der Waals surface area contributed by atoms with E-state index in [1.54, 1.807) is 12.0 Å². The van der Waals surface area contributed by atoms with E-state index in [-0.39, 0.29) is 42.4 Å². The van der Waals surface area contributed by atoms with Gasteiger partial charge in [-0.3, -0.25) is 14.4 Å². The molecule has 306 valence electrons. The van der Waals surface area contributed by atoms with Crippen LogP contribution in [0.1, 0.15) is 67.6 Å². The van der Waals surface area contributed by atoms with Crippen molar-refractivity contribution in [1.29, 1.82) is 0 Å². The maximum absolute atomic E-state index is 14.4. The second-order valence-electron chi connectivity index (χ2n) is 17.8. The number of hydroxylamine groups is 2. The summed E-state index contributed by atoms with van der Waals surface area (Å²) >= 11 is 0. The number of carbonyl (C=O) groups is 2. The Labute approximate surface area is 338 Å². The van der Waals surface area contributed by atoms with Crippen molar-refractivity contribution in [3.05, 3.63) is 99.4 Å². The SMILES string of the molecule is Cc1c(CN2O[C@@H](CN=[N+]=[N-])[C@@H]([C@H](C)O)[C@H]2C(=O)NC2C[C@@H]3C[C@H]([C@@H]2C)C3(C)C)cccc1-c1cc(C(=O)N[C@@H](Cc2ccccc2)CN(C)C)cc(N(C)C)c1. The minimum Gasteiger partial charge on any atom is -0.393 e. The van der Waals surface area contributed by atoms with Crippen LogP contribution in [0.4, 0.5) is 5.69 Å². The second kappa shape index (κ2) is 17.6. The molecule has 3 saturated carbocycles. The van der Waals surface area contributed by atoms with Crippen molar-refractivity contribution in [2.75, 3.05) is 46.2 Å². The highest BCUT2D eigenvalue weighted by Gasteiger charge is 2.57. The van der Waals surface area contributed by atoms with Gasteiger partial charge in [-0.1, -0.05) is 74.4 Å². The molecule has 9 atom stereocenters. The number of benzene rings is 3. The summed E-state index contributed by atoms with van der Waals surface area (Å²) in [5, 5.41) is 23.3. The van der Waals surface area contributed by atoms with Gasteiger partial charge in [0.05, 0.1) is 25.3 Å². The number of nitrogens with zero attached hydrogens (tertiary/aromatic N) is 6. The van der Waals surface area contributed by atoms with Crippen molar-refractivity contribution in [3.63, 3.8) is 0 Å². The van der Waals surface area contributed by atoms with Crippen molar-refractivity contribution in [3.8, 4) is 11.1 Å². The molecule has 3 aromatic carbocycles. The van der Waals surface area contributed by atoms with E-state index in [2.05, 4.69) is 70.6 Å². The number of likely N-dealkylation sites (N-methyl/N-ethyl adjacent to an activating group) is 1. The van der Waals surface area contributed by atoms with E-state index in [0.29, 0.717) is 36.3 Å². The van der Waals surface area contributed by atoms with Crippen LogP contribution in [0.5, 0.6) is 0 Å². The molecule has 0 radical (unpaired) electrons. The molecule has 4 aliphatic rings. The highest BCUT2D eigenvalue weighted by atomic mass is 16.7. The third-order valence-electron chi connectivity index (χ3n) is 13.2. The van der Waals surface area contributed by atoms with E-state index in [1.807, 2.05) is 82.5 Å². The first-order valence-corrected chi connectivity index (χ1v) is 20.4. The van der Waals surface area contributed by atoms with Crippen LogP contribution in [-0.4, -0.2) is 98.5 Å². The normalized spacial score (nSPS) is 26.2. The molecule has 3 aromatic rings. The first-order chi connectivity index (χ1) is 27.1. The van der Waals surface area contributed by atoms with Crippen LogP contribution in [0.25, 0.3) is 21.6 Å². The molecule has 12 heteroatoms. The number of hydrogen-bond acceptors (Lipinski definition) is 8. The van der Waals surface area contributed by atoms with Crippen LogP contribution in [0.15, 0.2) is 71.8 Å². The Balaban J connectivity index is 1.28. The Bertz CT molecular complexity index is 1940. The van der Waals surface area contributed by atoms with Crippen LogP contribution < -0.4 is 15.5 Å². The van der Waals surface area contributed by atoms with E-state index >= 15 is 0 Å². The molecule has 4 fully saturated rings. The lowest BCUT2D eigenvalue weighted by molar-refractivity contribution is -0.175. The number of fused-ring (bicyclic) bond motifs is 2. The smallest absolute Gasteiger partial charge is 0.251 e. The van der Waals surface area contributed by atoms with Crippen LogP contribution in [0.2, 0.25) is 0 Å². The van der Waals surface area contributed by atoms with Gasteiger partial charge in [-0.25, -0.2) is 0 Å². The van der Waals surface area contributed by atoms with E-state index in [4.69, 9.17) is 4.84 Å². The molecule has 2 amide bonds. The number of aliphatic hydroxyl groups excluding tert-OH is 1. The Morgan fingerprint density at radius 1 is 1.07 bits per heavy atom. The summed E-state index contributed by atoms with van der Waals surface area (Å²) in [6, 6.07) is 21.4. The first-order valence-electron chi connectivity index (χ1n) is 20.4. The van der Waals surface area contributed by atoms with Gasteiger partial charge in [0.25, 0.3) is 5.91 Å². The fourth-order valence-corrected chi connectivity index (χ4v) is 9.86. The third kappa shape index (κ3) is 9.16. The lowest BCUT2D eigenvalue weighted by Gasteiger charge is -2.62. The average Bonchev–Trinajstić information content (AvgIpc) is 3.53. The van der Waals surface area contributed by atoms with Crippen LogP contribution in [0.3, 0.4) is 0 Å². The topological polar surface area (TPSA) is 146 Å². The van der Waals surface area contributed by atoms with E-state index in [0.717, 1.165) is 39.9 Å². The third-order valence-corrected chi connectivity index (χ3v) is 13.2. The largest absolute Gasteiger partial charge is 0.393 e. The first kappa shape index (κ1) is 42.2. The fourth-order valence-electron chi connectivity index (χ4n) is 9.86. The quantitative estimate of drug-likeness (QED) is 0.0895. The van der Waals surface area contributed by atoms with Gasteiger partial charge in [-0.2, -0.15) is 5.06 Å². The predicted octanol–water partition coefficient (Wildman–Crippen LogP) is 6.61. The van der Waals surface area contributed by atoms with E-state index in [9.17, 15) is 20.2 Å². The predicted molar refractivity (Wildman–Crippen MR) is 225 cm³/mol. The zero-order valence-corrected chi connectivity index (χ0v) is 35.1. The second-order valence-corrected chi connectivity index (χ2v) is 17.8. The molecule has 0 spiro atoms. The van der Waals surface area contributed by atoms with Crippen molar-refractivity contribution in [1.82, 2.24) is 20.6 Å². The molecule has 0 aromatic heterocycles. The Morgan fingerprint density at radius 3 is 2.44 bits per heavy atom. The number of amides is 2. The molecule has 12 nitrogen and oxygen atoms in total. The molecule has 1 saturated heterocycles. The number of nitrogens with one attached hydrogen (secondary N) is 2. The van der Waals surface area contributed by atoms with E-state index < -0.39 is 24.2 Å². The van der Waals surface area contributed by atoms with Crippen molar-refractivity contribution in [2.24, 2.45) is 34.2 Å². The zero-order chi connectivity index (χ0) is 41.2. The minimum absolute atomic E-state index is 0.00748. The monoisotopic (exact) mass is 778 g/mol. The van der Waals surface area contributed by atoms with Gasteiger partial charge in [0.15, 0.2) is 0 Å². The number of hydrogen-bond donors (Lipinski definition) is 3. The molecular weight excluding hydrogens is 717 g/mol. The standard InChI is InChI=1S/C45H62N8O4/c1-27-31(25-53-42(41(29(3)54)40(57-53)24-47-50-46)44(56)49-39-23-34-22-38(28(39)2)45(34,4)5)16-13-17-37(27)32-19-33(21-36(20-32)52(8)9)43(55)48-35(26-51(6)7)18-30-14-11-10-12-15-30/h10-17,19-21,28-29,34-35,38-42,54H,18,22-26H2,1-9H3,(H,48,55)(H,49,56)/t28-,29-,34-,35-,38+,39?,40-,41+,42-/m0/s1. The van der Waals surface area contributed by atoms with Crippen molar-refractivity contribution >= 4 is 17.5 Å². The summed E-state index contributed by atoms with van der Waals surface area (Å²) in [7, 11) is 7.95. The molecule has 1 unspecified atom stereocenters. The summed E-state index contributed by atoms with van der Waals surface area (Å²) in [5.74, 6) is 0.532. The summed E-state index contributed by atoms with van der Waals surface area (Å²) in [4.78, 5) is 41.9. The Morgan fingerprint density at radius 2 is 1.81 bits per heavy atom. The fraction of sp³-hybridized carbons (Fsp3) is 0.556. The molecule has 1 heterocycles. The Hall–Kier alpha value is -4.45. The van der Waals surface area contributed by atoms with Gasteiger partial charge in [0.2, 0.25) is 5.91 Å². The lowest BCUT2D eigenvalue weighted by atomic mass is 9.45. The van der Waals surface area contributed by atoms with Crippen molar-refractivity contribution in [2.45, 2.75) is 90.8 Å². The van der Waals surface area contributed by atoms with Crippen LogP contribution in [0, 0.1) is 36.0 Å². The Kier molecular flexibility index (Phi) is 13.0. The van der Waals surface area contributed by atoms with Gasteiger partial charge >= 0.3 is 0 Å². The van der Waals surface area contributed by atoms with Crippen molar-refractivity contribution < 1.29 is 19.5 Å². The molecule has 7 rings (SSSR count). The van der Waals surface area contributed by atoms with Crippen LogP contribution >= 0.6 is 0 Å². The van der Waals surface area contributed by atoms with E-state index in [1.165, 1.54) is 6.42 Å². The van der Waals surface area contributed by atoms with Gasteiger partial charge in [0, 0.05) is 54.8 Å². The zero-order valence-electron chi connectivity index (χ0n) is 35.1. The molecule has 1 aliphatic heterocycles. The summed E-state index contributed by atoms with van der Waals surface area (Å²) < 4.78 is 0. The minimum atomic E-state index is -0.892. The highest BCUT2D eigenvalue weighted by Crippen LogP contribution is 2.61. The van der Waals surface area contributed by atoms with Crippen LogP contribution in [-0.2, 0) is 22.6 Å². The number of anilines is 1. The molecule has 3 aliphatic carbocycles. The summed E-state index contributed by atoms with van der Waals surface area (Å²) in [6.07, 6.45) is 1.28. The maximum Gasteiger partial charge on any atom is 0.251 e. The summed E-state index contributed by atoms with van der Waals surface area (Å²) in [5.41, 5.74) is 15.8. The van der Waals surface area contributed by atoms with Gasteiger partial charge in [-0.15, -0.1) is 0 Å². The average molecular weight is 779 g/mol. The molecule has 57 heavy (non-hydrogen) atoms. The van der Waals surface area contributed by atoms with Gasteiger partial charge < -0.3 is 25.5 Å². The molecular formula is C45H62N8O4. The highest BCUT2D eigenvalue weighted by molar-refractivity contribution is 5.97. The molecule has 2 bridgehead atoms.